The number of nitriles is 1. The van der Waals surface area contributed by atoms with Gasteiger partial charge in [0.2, 0.25) is 0 Å². The molecule has 2 aromatic heterocycles. The molecule has 1 aromatic carbocycles. The van der Waals surface area contributed by atoms with Crippen molar-refractivity contribution in [2.24, 2.45) is 0 Å². The first-order valence-corrected chi connectivity index (χ1v) is 9.64. The number of furan rings is 1. The van der Waals surface area contributed by atoms with Crippen LogP contribution in [-0.4, -0.2) is 13.0 Å². The Morgan fingerprint density at radius 2 is 2.14 bits per heavy atom. The normalized spacial score (nSPS) is 15.3. The number of nitrogens with zero attached hydrogens (tertiary/aromatic N) is 1. The number of carbonyl (C=O) groups excluding carboxylic acids is 1. The van der Waals surface area contributed by atoms with Crippen LogP contribution in [0.4, 0.5) is 16.4 Å². The number of nitrogens with two attached hydrogens (primary N) is 1. The van der Waals surface area contributed by atoms with Crippen LogP contribution in [0.2, 0.25) is 0 Å². The molecule has 8 heteroatoms. The number of para-hydroxylation sites is 2. The van der Waals surface area contributed by atoms with Gasteiger partial charge in [-0.25, -0.2) is 0 Å². The molecule has 29 heavy (non-hydrogen) atoms. The van der Waals surface area contributed by atoms with Gasteiger partial charge in [-0.1, -0.05) is 12.1 Å². The molecule has 1 aliphatic rings. The average Bonchev–Trinajstić information content (AvgIpc) is 3.35. The lowest BCUT2D eigenvalue weighted by Crippen LogP contribution is -2.26. The van der Waals surface area contributed by atoms with Gasteiger partial charge < -0.3 is 25.5 Å². The quantitative estimate of drug-likeness (QED) is 0.596. The maximum atomic E-state index is 13.3. The number of ether oxygens (including phenoxy) is 1. The Labute approximate surface area is 171 Å². The monoisotopic (exact) mass is 406 g/mol. The van der Waals surface area contributed by atoms with Crippen molar-refractivity contribution in [2.45, 2.75) is 12.8 Å². The Morgan fingerprint density at radius 1 is 1.34 bits per heavy atom. The highest BCUT2D eigenvalue weighted by Crippen LogP contribution is 2.50. The summed E-state index contributed by atoms with van der Waals surface area (Å²) in [5, 5.41) is 16.3. The molecule has 0 fully saturated rings. The van der Waals surface area contributed by atoms with Gasteiger partial charge in [0.15, 0.2) is 0 Å². The van der Waals surface area contributed by atoms with Gasteiger partial charge in [-0.2, -0.15) is 5.26 Å². The molecule has 0 unspecified atom stereocenters. The van der Waals surface area contributed by atoms with Crippen LogP contribution in [0.15, 0.2) is 58.3 Å². The van der Waals surface area contributed by atoms with E-state index in [9.17, 15) is 10.1 Å². The Kier molecular flexibility index (Phi) is 4.74. The first-order chi connectivity index (χ1) is 14.0. The molecule has 7 nitrogen and oxygen atoms in total. The van der Waals surface area contributed by atoms with E-state index >= 15 is 0 Å². The minimum absolute atomic E-state index is 0.310. The fraction of sp³-hybridized carbons (Fsp3) is 0.143. The second-order valence-corrected chi connectivity index (χ2v) is 7.49. The predicted molar refractivity (Wildman–Crippen MR) is 112 cm³/mol. The minimum atomic E-state index is -0.533. The van der Waals surface area contributed by atoms with Crippen molar-refractivity contribution in [3.63, 3.8) is 0 Å². The van der Waals surface area contributed by atoms with E-state index in [2.05, 4.69) is 16.7 Å². The number of nitrogens with one attached hydrogen (secondary N) is 2. The van der Waals surface area contributed by atoms with Gasteiger partial charge in [-0.05, 0) is 31.2 Å². The number of hydrogen-bond donors (Lipinski definition) is 3. The molecule has 0 aliphatic carbocycles. The lowest BCUT2D eigenvalue weighted by molar-refractivity contribution is -0.113. The Hall–Kier alpha value is -3.70. The molecule has 1 atom stereocenters. The van der Waals surface area contributed by atoms with E-state index in [1.807, 2.05) is 19.1 Å². The summed E-state index contributed by atoms with van der Waals surface area (Å²) in [6.45, 7) is 1.82. The van der Waals surface area contributed by atoms with Crippen LogP contribution in [0.3, 0.4) is 0 Å². The average molecular weight is 406 g/mol. The highest BCUT2D eigenvalue weighted by molar-refractivity contribution is 7.17. The zero-order valence-electron chi connectivity index (χ0n) is 15.8. The summed E-state index contributed by atoms with van der Waals surface area (Å²) in [7, 11) is 1.55. The number of hydrogen-bond acceptors (Lipinski definition) is 7. The summed E-state index contributed by atoms with van der Waals surface area (Å²) < 4.78 is 11.0. The molecule has 1 aliphatic heterocycles. The SMILES string of the molecule is COc1ccccc1NC(=O)C1=C(C)Nc2sc(C#N)c(N)c2[C@@H]1c1ccco1. The third-order valence-corrected chi connectivity index (χ3v) is 5.84. The van der Waals surface area contributed by atoms with Gasteiger partial charge in [-0.15, -0.1) is 11.3 Å². The van der Waals surface area contributed by atoms with Crippen LogP contribution in [0.1, 0.15) is 29.0 Å². The fourth-order valence-corrected chi connectivity index (χ4v) is 4.51. The zero-order valence-corrected chi connectivity index (χ0v) is 16.6. The fourth-order valence-electron chi connectivity index (χ4n) is 3.50. The number of carbonyl (C=O) groups is 1. The maximum Gasteiger partial charge on any atom is 0.254 e. The van der Waals surface area contributed by atoms with E-state index in [0.717, 1.165) is 5.00 Å². The van der Waals surface area contributed by atoms with Gasteiger partial charge in [0.25, 0.3) is 5.91 Å². The number of anilines is 3. The van der Waals surface area contributed by atoms with Gasteiger partial charge in [0.05, 0.1) is 36.2 Å². The number of nitrogen functional groups attached to an aromatic ring is 1. The summed E-state index contributed by atoms with van der Waals surface area (Å²) in [5.74, 6) is 0.288. The van der Waals surface area contributed by atoms with Crippen molar-refractivity contribution in [3.8, 4) is 11.8 Å². The Balaban J connectivity index is 1.81. The summed E-state index contributed by atoms with van der Waals surface area (Å²) in [4.78, 5) is 13.7. The third-order valence-electron chi connectivity index (χ3n) is 4.79. The van der Waals surface area contributed by atoms with Gasteiger partial charge >= 0.3 is 0 Å². The molecule has 4 rings (SSSR count). The standard InChI is InChI=1S/C21H18N4O3S/c1-11-16(20(26)25-12-6-3-4-7-13(12)27-2)17(14-8-5-9-28-14)18-19(23)15(10-22)29-21(18)24-11/h3-9,17,24H,23H2,1-2H3,(H,25,26)/t17-/m1/s1. The molecule has 0 bridgehead atoms. The second kappa shape index (κ2) is 7.37. The van der Waals surface area contributed by atoms with Gasteiger partial charge in [-0.3, -0.25) is 4.79 Å². The molecule has 3 heterocycles. The first kappa shape index (κ1) is 18.7. The van der Waals surface area contributed by atoms with Crippen LogP contribution in [0.5, 0.6) is 5.75 Å². The number of amides is 1. The molecule has 0 saturated heterocycles. The second-order valence-electron chi connectivity index (χ2n) is 6.47. The molecule has 0 saturated carbocycles. The minimum Gasteiger partial charge on any atom is -0.495 e. The number of rotatable bonds is 4. The smallest absolute Gasteiger partial charge is 0.254 e. The molecule has 0 radical (unpaired) electrons. The van der Waals surface area contributed by atoms with Crippen molar-refractivity contribution in [1.29, 1.82) is 5.26 Å². The van der Waals surface area contributed by atoms with Crippen LogP contribution >= 0.6 is 11.3 Å². The van der Waals surface area contributed by atoms with Crippen molar-refractivity contribution in [2.75, 3.05) is 23.5 Å². The van der Waals surface area contributed by atoms with Crippen molar-refractivity contribution >= 4 is 33.6 Å². The van der Waals surface area contributed by atoms with E-state index in [1.165, 1.54) is 11.3 Å². The molecular formula is C21H18N4O3S. The summed E-state index contributed by atoms with van der Waals surface area (Å²) in [6.07, 6.45) is 1.55. The number of fused-ring (bicyclic) bond motifs is 1. The predicted octanol–water partition coefficient (Wildman–Crippen LogP) is 4.27. The van der Waals surface area contributed by atoms with Crippen molar-refractivity contribution < 1.29 is 13.9 Å². The molecular weight excluding hydrogens is 388 g/mol. The highest BCUT2D eigenvalue weighted by atomic mass is 32.1. The van der Waals surface area contributed by atoms with Crippen molar-refractivity contribution in [3.05, 3.63) is 70.1 Å². The lowest BCUT2D eigenvalue weighted by atomic mass is 9.85. The molecule has 3 aromatic rings. The van der Waals surface area contributed by atoms with Gasteiger partial charge in [0, 0.05) is 11.3 Å². The molecule has 146 valence electrons. The van der Waals surface area contributed by atoms with Crippen LogP contribution in [0, 0.1) is 11.3 Å². The van der Waals surface area contributed by atoms with Crippen molar-refractivity contribution in [1.82, 2.24) is 0 Å². The lowest BCUT2D eigenvalue weighted by Gasteiger charge is -2.27. The van der Waals surface area contributed by atoms with E-state index in [1.54, 1.807) is 37.6 Å². The Morgan fingerprint density at radius 3 is 2.83 bits per heavy atom. The van der Waals surface area contributed by atoms with Crippen LogP contribution in [-0.2, 0) is 4.79 Å². The van der Waals surface area contributed by atoms with E-state index in [4.69, 9.17) is 14.9 Å². The van der Waals surface area contributed by atoms with E-state index in [-0.39, 0.29) is 5.91 Å². The summed E-state index contributed by atoms with van der Waals surface area (Å²) >= 11 is 1.27. The van der Waals surface area contributed by atoms with E-state index in [0.29, 0.717) is 44.6 Å². The maximum absolute atomic E-state index is 13.3. The topological polar surface area (TPSA) is 113 Å². The number of methoxy groups -OCH3 is 1. The number of thiophene rings is 1. The zero-order chi connectivity index (χ0) is 20.5. The van der Waals surface area contributed by atoms with E-state index < -0.39 is 5.92 Å². The third kappa shape index (κ3) is 3.11. The molecule has 0 spiro atoms. The highest BCUT2D eigenvalue weighted by Gasteiger charge is 2.38. The summed E-state index contributed by atoms with van der Waals surface area (Å²) in [6, 6.07) is 12.9. The molecule has 4 N–H and O–H groups in total. The number of benzene rings is 1. The van der Waals surface area contributed by atoms with Crippen LogP contribution in [0.25, 0.3) is 0 Å². The largest absolute Gasteiger partial charge is 0.495 e. The van der Waals surface area contributed by atoms with Gasteiger partial charge in [0.1, 0.15) is 27.5 Å². The summed E-state index contributed by atoms with van der Waals surface area (Å²) in [5.41, 5.74) is 8.99. The molecule has 1 amide bonds. The van der Waals surface area contributed by atoms with Crippen LogP contribution < -0.4 is 21.1 Å². The first-order valence-electron chi connectivity index (χ1n) is 8.83. The Bertz CT molecular complexity index is 1160. The number of allylic oxidation sites excluding steroid dienone is 1.